The molecule has 3 heterocycles. The van der Waals surface area contributed by atoms with Crippen LogP contribution in [0.15, 0.2) is 66.9 Å². The van der Waals surface area contributed by atoms with E-state index in [0.29, 0.717) is 6.54 Å². The molecule has 0 bridgehead atoms. The first-order valence-electron chi connectivity index (χ1n) is 10.9. The van der Waals surface area contributed by atoms with Crippen molar-refractivity contribution in [1.82, 2.24) is 15.3 Å². The van der Waals surface area contributed by atoms with Crippen molar-refractivity contribution in [3.8, 4) is 10.4 Å². The Morgan fingerprint density at radius 2 is 1.82 bits per heavy atom. The number of thiophene rings is 1. The fraction of sp³-hybridized carbons (Fsp3) is 0.192. The minimum Gasteiger partial charge on any atom is -0.395 e. The number of H-pyrrole nitrogens is 1. The van der Waals surface area contributed by atoms with Crippen LogP contribution in [-0.4, -0.2) is 39.4 Å². The van der Waals surface area contributed by atoms with Gasteiger partial charge in [-0.1, -0.05) is 24.3 Å². The Bertz CT molecular complexity index is 1390. The number of hydrogen-bond acceptors (Lipinski definition) is 6. The van der Waals surface area contributed by atoms with Crippen molar-refractivity contribution in [2.24, 2.45) is 0 Å². The number of nitrogens with zero attached hydrogens (tertiary/aromatic N) is 1. The normalized spacial score (nSPS) is 11.6. The molecule has 3 aromatic heterocycles. The van der Waals surface area contributed by atoms with Gasteiger partial charge in [-0.05, 0) is 54.4 Å². The monoisotopic (exact) mass is 458 g/mol. The van der Waals surface area contributed by atoms with Crippen molar-refractivity contribution in [3.05, 3.63) is 78.1 Å². The highest BCUT2D eigenvalue weighted by Gasteiger charge is 2.11. The van der Waals surface area contributed by atoms with E-state index in [1.807, 2.05) is 12.3 Å². The summed E-state index contributed by atoms with van der Waals surface area (Å²) in [6.45, 7) is 2.49. The number of nitrogens with one attached hydrogen (secondary N) is 3. The quantitative estimate of drug-likeness (QED) is 0.227. The topological polar surface area (TPSA) is 93.2 Å². The Labute approximate surface area is 195 Å². The number of aromatic amines is 1. The molecule has 0 atom stereocenters. The lowest BCUT2D eigenvalue weighted by atomic mass is 10.1. The highest BCUT2D eigenvalue weighted by Crippen LogP contribution is 2.37. The van der Waals surface area contributed by atoms with E-state index in [9.17, 15) is 10.2 Å². The van der Waals surface area contributed by atoms with Crippen molar-refractivity contribution in [3.63, 3.8) is 0 Å². The Kier molecular flexibility index (Phi) is 6.11. The van der Waals surface area contributed by atoms with Crippen LogP contribution in [0.5, 0.6) is 0 Å². The zero-order valence-corrected chi connectivity index (χ0v) is 19.1. The summed E-state index contributed by atoms with van der Waals surface area (Å²) in [6.07, 6.45) is 1.84. The van der Waals surface area contributed by atoms with Crippen LogP contribution in [0.3, 0.4) is 0 Å². The summed E-state index contributed by atoms with van der Waals surface area (Å²) in [7, 11) is 0. The molecule has 0 aliphatic carbocycles. The molecule has 0 aliphatic rings. The molecule has 0 unspecified atom stereocenters. The molecule has 0 spiro atoms. The zero-order valence-electron chi connectivity index (χ0n) is 18.3. The molecular weight excluding hydrogens is 432 g/mol. The molecule has 7 heteroatoms. The van der Waals surface area contributed by atoms with Gasteiger partial charge in [0.05, 0.1) is 35.2 Å². The lowest BCUT2D eigenvalue weighted by molar-refractivity contribution is 0.170. The number of aryl methyl sites for hydroxylation is 1. The van der Waals surface area contributed by atoms with Gasteiger partial charge in [-0.3, -0.25) is 4.98 Å². The number of pyridine rings is 1. The lowest BCUT2D eigenvalue weighted by Gasteiger charge is -2.13. The van der Waals surface area contributed by atoms with Gasteiger partial charge in [0.2, 0.25) is 0 Å². The van der Waals surface area contributed by atoms with Gasteiger partial charge in [0.15, 0.2) is 0 Å². The minimum absolute atomic E-state index is 0.0849. The van der Waals surface area contributed by atoms with Gasteiger partial charge in [0, 0.05) is 39.9 Å². The third kappa shape index (κ3) is 4.62. The second kappa shape index (κ2) is 9.33. The van der Waals surface area contributed by atoms with Gasteiger partial charge in [-0.25, -0.2) is 0 Å². The van der Waals surface area contributed by atoms with E-state index >= 15 is 0 Å². The molecule has 5 aromatic rings. The van der Waals surface area contributed by atoms with Crippen LogP contribution in [0.4, 0.5) is 11.4 Å². The maximum absolute atomic E-state index is 9.20. The first kappa shape index (κ1) is 21.6. The van der Waals surface area contributed by atoms with Crippen LogP contribution in [0.2, 0.25) is 0 Å². The summed E-state index contributed by atoms with van der Waals surface area (Å²) in [6, 6.07) is 20.7. The standard InChI is InChI=1S/C26H26N4O2S/c1-16-10-19-11-20(6-7-22(19)29-16)30-23-8-9-27-24-12-25(33-26(23)24)18-4-2-17(3-5-18)13-28-21(14-31)15-32/h2-12,21,28-29,31-32H,13-15H2,1H3,(H,27,30). The average molecular weight is 459 g/mol. The van der Waals surface area contributed by atoms with Crippen LogP contribution >= 0.6 is 11.3 Å². The summed E-state index contributed by atoms with van der Waals surface area (Å²) in [4.78, 5) is 9.10. The number of aromatic nitrogens is 2. The van der Waals surface area contributed by atoms with Crippen LogP contribution in [0, 0.1) is 6.92 Å². The fourth-order valence-corrected chi connectivity index (χ4v) is 5.02. The highest BCUT2D eigenvalue weighted by atomic mass is 32.1. The molecule has 0 amide bonds. The van der Waals surface area contributed by atoms with Crippen LogP contribution in [0.1, 0.15) is 11.3 Å². The van der Waals surface area contributed by atoms with E-state index in [-0.39, 0.29) is 19.3 Å². The van der Waals surface area contributed by atoms with Crippen molar-refractivity contribution in [2.75, 3.05) is 18.5 Å². The number of fused-ring (bicyclic) bond motifs is 2. The molecule has 0 aliphatic heterocycles. The van der Waals surface area contributed by atoms with Gasteiger partial charge in [-0.15, -0.1) is 11.3 Å². The average Bonchev–Trinajstić information content (AvgIpc) is 3.43. The second-order valence-corrected chi connectivity index (χ2v) is 9.26. The molecule has 5 N–H and O–H groups in total. The van der Waals surface area contributed by atoms with Crippen LogP contribution < -0.4 is 10.6 Å². The lowest BCUT2D eigenvalue weighted by Crippen LogP contribution is -2.35. The molecule has 5 rings (SSSR count). The Hall–Kier alpha value is -3.23. The van der Waals surface area contributed by atoms with Crippen molar-refractivity contribution >= 4 is 43.8 Å². The third-order valence-electron chi connectivity index (χ3n) is 5.72. The minimum atomic E-state index is -0.300. The van der Waals surface area contributed by atoms with E-state index in [4.69, 9.17) is 0 Å². The summed E-state index contributed by atoms with van der Waals surface area (Å²) < 4.78 is 1.12. The van der Waals surface area contributed by atoms with Gasteiger partial charge >= 0.3 is 0 Å². The number of aliphatic hydroxyl groups excluding tert-OH is 2. The molecule has 2 aromatic carbocycles. The number of rotatable bonds is 8. The van der Waals surface area contributed by atoms with Gasteiger partial charge in [-0.2, -0.15) is 0 Å². The van der Waals surface area contributed by atoms with E-state index in [2.05, 4.69) is 82.1 Å². The maximum atomic E-state index is 9.20. The number of benzene rings is 2. The molecule has 33 heavy (non-hydrogen) atoms. The first-order chi connectivity index (χ1) is 16.1. The third-order valence-corrected chi connectivity index (χ3v) is 6.93. The Balaban J connectivity index is 1.38. The summed E-state index contributed by atoms with van der Waals surface area (Å²) in [5.41, 5.74) is 7.59. The molecular formula is C26H26N4O2S. The summed E-state index contributed by atoms with van der Waals surface area (Å²) in [5.74, 6) is 0. The molecule has 0 saturated carbocycles. The van der Waals surface area contributed by atoms with Crippen molar-refractivity contribution < 1.29 is 10.2 Å². The van der Waals surface area contributed by atoms with Gasteiger partial charge in [0.1, 0.15) is 0 Å². The first-order valence-corrected chi connectivity index (χ1v) is 11.7. The fourth-order valence-electron chi connectivity index (χ4n) is 3.93. The maximum Gasteiger partial charge on any atom is 0.0837 e. The summed E-state index contributed by atoms with van der Waals surface area (Å²) >= 11 is 1.72. The number of aliphatic hydroxyl groups is 2. The smallest absolute Gasteiger partial charge is 0.0837 e. The Morgan fingerprint density at radius 3 is 2.61 bits per heavy atom. The van der Waals surface area contributed by atoms with E-state index in [1.54, 1.807) is 11.3 Å². The van der Waals surface area contributed by atoms with Crippen LogP contribution in [-0.2, 0) is 6.54 Å². The predicted molar refractivity (Wildman–Crippen MR) is 136 cm³/mol. The second-order valence-electron chi connectivity index (χ2n) is 8.20. The molecule has 168 valence electrons. The largest absolute Gasteiger partial charge is 0.395 e. The zero-order chi connectivity index (χ0) is 22.8. The molecule has 0 radical (unpaired) electrons. The van der Waals surface area contributed by atoms with E-state index in [1.165, 1.54) is 5.39 Å². The van der Waals surface area contributed by atoms with E-state index in [0.717, 1.165) is 48.8 Å². The Morgan fingerprint density at radius 1 is 1.00 bits per heavy atom. The van der Waals surface area contributed by atoms with Gasteiger partial charge in [0.25, 0.3) is 0 Å². The van der Waals surface area contributed by atoms with Crippen LogP contribution in [0.25, 0.3) is 31.6 Å². The number of anilines is 2. The summed E-state index contributed by atoms with van der Waals surface area (Å²) in [5, 5.41) is 26.3. The van der Waals surface area contributed by atoms with Crippen molar-refractivity contribution in [2.45, 2.75) is 19.5 Å². The predicted octanol–water partition coefficient (Wildman–Crippen LogP) is 4.94. The molecule has 0 saturated heterocycles. The SMILES string of the molecule is Cc1cc2cc(Nc3ccnc4cc(-c5ccc(CNC(CO)CO)cc5)sc34)ccc2[nH]1. The molecule has 0 fully saturated rings. The molecule has 6 nitrogen and oxygen atoms in total. The van der Waals surface area contributed by atoms with E-state index < -0.39 is 0 Å². The highest BCUT2D eigenvalue weighted by molar-refractivity contribution is 7.22. The van der Waals surface area contributed by atoms with Gasteiger partial charge < -0.3 is 25.8 Å². The number of hydrogen-bond donors (Lipinski definition) is 5. The van der Waals surface area contributed by atoms with Crippen molar-refractivity contribution in [1.29, 1.82) is 0 Å².